The Balaban J connectivity index is 1.16. The van der Waals surface area contributed by atoms with E-state index in [0.717, 1.165) is 64.7 Å². The van der Waals surface area contributed by atoms with Crippen molar-refractivity contribution >= 4 is 46.0 Å². The van der Waals surface area contributed by atoms with Crippen LogP contribution in [-0.4, -0.2) is 88.9 Å². The van der Waals surface area contributed by atoms with Crippen LogP contribution in [0.25, 0.3) is 10.9 Å². The van der Waals surface area contributed by atoms with Crippen LogP contribution in [-0.2, 0) is 35.2 Å². The molecular formula is C44H58N6O7. The van der Waals surface area contributed by atoms with Crippen molar-refractivity contribution in [3.8, 4) is 5.75 Å². The van der Waals surface area contributed by atoms with Gasteiger partial charge in [-0.15, -0.1) is 0 Å². The zero-order chi connectivity index (χ0) is 40.7. The maximum absolute atomic E-state index is 14.5. The topological polar surface area (TPSA) is 171 Å². The fourth-order valence-electron chi connectivity index (χ4n) is 8.57. The smallest absolute Gasteiger partial charge is 0.289 e. The third-order valence-electron chi connectivity index (χ3n) is 11.7. The van der Waals surface area contributed by atoms with Crippen molar-refractivity contribution in [2.75, 3.05) is 20.2 Å². The number of fused-ring (bicyclic) bond motifs is 1. The highest BCUT2D eigenvalue weighted by molar-refractivity contribution is 6.38. The molecule has 2 aromatic carbocycles. The molecule has 1 spiro atoms. The van der Waals surface area contributed by atoms with E-state index in [9.17, 15) is 24.0 Å². The van der Waals surface area contributed by atoms with Crippen molar-refractivity contribution in [3.63, 3.8) is 0 Å². The lowest BCUT2D eigenvalue weighted by molar-refractivity contribution is -0.144. The summed E-state index contributed by atoms with van der Waals surface area (Å²) in [6.45, 7) is 7.90. The second-order valence-electron chi connectivity index (χ2n) is 16.5. The molecule has 4 N–H and O–H groups in total. The summed E-state index contributed by atoms with van der Waals surface area (Å²) in [7, 11) is 1.61. The van der Waals surface area contributed by atoms with Crippen molar-refractivity contribution in [1.82, 2.24) is 25.8 Å². The lowest BCUT2D eigenvalue weighted by atomic mass is 9.86. The van der Waals surface area contributed by atoms with Gasteiger partial charge < -0.3 is 35.4 Å². The van der Waals surface area contributed by atoms with Crippen LogP contribution in [0.5, 0.6) is 5.75 Å². The first-order valence-corrected chi connectivity index (χ1v) is 20.6. The number of nitrogens with zero attached hydrogens (tertiary/aromatic N) is 2. The normalized spacial score (nSPS) is 20.6. The number of aryl methyl sites for hydroxylation is 1. The number of likely N-dealkylation sites (tertiary alicyclic amines) is 1. The highest BCUT2D eigenvalue weighted by atomic mass is 16.7. The standard InChI is InChI=1S/C44H58N6O7/c1-6-11-34(40(52)42(54)45-19-18-31-25-46-35-22-32(56-5)16-17-33(31)35)47-41(53)37-24-44(23-36(49-57-44)30-15-10-12-28(4)20-30)26-50(37)43(55)39(27(2)3)48-38(51)21-29-13-8-7-9-14-29/h10,12,15-17,20,22,25,27,29,34,37,39,46H,6-9,11,13-14,18-19,21,23-24,26H2,1-5H3,(H,45,54)(H,47,53)(H,48,51)/t34-,37-,39-,44+/m0/s1. The molecule has 0 bridgehead atoms. The van der Waals surface area contributed by atoms with Gasteiger partial charge in [0.15, 0.2) is 5.60 Å². The quantitative estimate of drug-likeness (QED) is 0.143. The molecule has 3 heterocycles. The molecule has 6 rings (SSSR count). The summed E-state index contributed by atoms with van der Waals surface area (Å²) in [6.07, 6.45) is 9.36. The molecule has 2 fully saturated rings. The number of oxime groups is 1. The minimum atomic E-state index is -1.10. The van der Waals surface area contributed by atoms with Gasteiger partial charge in [0.25, 0.3) is 5.91 Å². The third-order valence-corrected chi connectivity index (χ3v) is 11.7. The number of aromatic nitrogens is 1. The Hall–Kier alpha value is -5.20. The summed E-state index contributed by atoms with van der Waals surface area (Å²) in [6, 6.07) is 10.6. The Morgan fingerprint density at radius 1 is 1.05 bits per heavy atom. The van der Waals surface area contributed by atoms with Crippen LogP contribution < -0.4 is 20.7 Å². The second kappa shape index (κ2) is 18.4. The summed E-state index contributed by atoms with van der Waals surface area (Å²) in [5.74, 6) is -1.90. The summed E-state index contributed by atoms with van der Waals surface area (Å²) in [5, 5.41) is 14.0. The predicted molar refractivity (Wildman–Crippen MR) is 218 cm³/mol. The monoisotopic (exact) mass is 782 g/mol. The molecule has 0 unspecified atom stereocenters. The number of carbonyl (C=O) groups is 5. The number of rotatable bonds is 16. The zero-order valence-electron chi connectivity index (χ0n) is 34.0. The molecule has 306 valence electrons. The first-order chi connectivity index (χ1) is 27.4. The van der Waals surface area contributed by atoms with E-state index in [4.69, 9.17) is 9.57 Å². The van der Waals surface area contributed by atoms with E-state index in [1.807, 2.05) is 76.4 Å². The van der Waals surface area contributed by atoms with Crippen LogP contribution in [0.4, 0.5) is 0 Å². The first kappa shape index (κ1) is 41.4. The van der Waals surface area contributed by atoms with Gasteiger partial charge in [-0.25, -0.2) is 0 Å². The number of ether oxygens (including phenoxy) is 1. The van der Waals surface area contributed by atoms with Crippen molar-refractivity contribution in [2.45, 2.75) is 122 Å². The predicted octanol–water partition coefficient (Wildman–Crippen LogP) is 5.27. The van der Waals surface area contributed by atoms with Crippen molar-refractivity contribution < 1.29 is 33.5 Å². The molecule has 1 saturated heterocycles. The number of H-pyrrole nitrogens is 1. The molecule has 13 heteroatoms. The Morgan fingerprint density at radius 2 is 1.84 bits per heavy atom. The Labute approximate surface area is 335 Å². The maximum atomic E-state index is 14.5. The number of amides is 4. The number of nitrogens with one attached hydrogen (secondary N) is 4. The number of hydrogen-bond acceptors (Lipinski definition) is 8. The largest absolute Gasteiger partial charge is 0.497 e. The van der Waals surface area contributed by atoms with Crippen LogP contribution in [0.3, 0.4) is 0 Å². The van der Waals surface area contributed by atoms with Gasteiger partial charge in [0.2, 0.25) is 23.5 Å². The van der Waals surface area contributed by atoms with Gasteiger partial charge in [-0.3, -0.25) is 24.0 Å². The summed E-state index contributed by atoms with van der Waals surface area (Å²) in [4.78, 5) is 79.9. The SMILES string of the molecule is CCC[C@H](NC(=O)[C@@H]1C[C@]2(CC(c3cccc(C)c3)=NO2)CN1C(=O)[C@@H](NC(=O)CC1CCCCC1)C(C)C)C(=O)C(=O)NCCc1c[nH]c2cc(OC)ccc12. The van der Waals surface area contributed by atoms with E-state index >= 15 is 0 Å². The highest BCUT2D eigenvalue weighted by Crippen LogP contribution is 2.39. The van der Waals surface area contributed by atoms with Gasteiger partial charge in [-0.1, -0.05) is 81.4 Å². The molecule has 4 atom stereocenters. The molecule has 0 radical (unpaired) electrons. The van der Waals surface area contributed by atoms with Crippen LogP contribution in [0.2, 0.25) is 0 Å². The van der Waals surface area contributed by atoms with Crippen LogP contribution in [0.15, 0.2) is 53.8 Å². The number of hydrogen-bond donors (Lipinski definition) is 4. The maximum Gasteiger partial charge on any atom is 0.289 e. The summed E-state index contributed by atoms with van der Waals surface area (Å²) >= 11 is 0. The van der Waals surface area contributed by atoms with Gasteiger partial charge in [-0.2, -0.15) is 0 Å². The van der Waals surface area contributed by atoms with Gasteiger partial charge >= 0.3 is 0 Å². The van der Waals surface area contributed by atoms with Crippen LogP contribution in [0.1, 0.15) is 102 Å². The van der Waals surface area contributed by atoms with Gasteiger partial charge in [-0.05, 0) is 67.7 Å². The molecule has 13 nitrogen and oxygen atoms in total. The van der Waals surface area contributed by atoms with E-state index in [1.165, 1.54) is 11.3 Å². The summed E-state index contributed by atoms with van der Waals surface area (Å²) in [5.41, 5.74) is 3.58. The molecule has 57 heavy (non-hydrogen) atoms. The van der Waals surface area contributed by atoms with E-state index in [1.54, 1.807) is 7.11 Å². The van der Waals surface area contributed by atoms with Gasteiger partial charge in [0, 0.05) is 49.0 Å². The minimum absolute atomic E-state index is 0.0674. The molecule has 1 saturated carbocycles. The molecule has 2 aliphatic heterocycles. The summed E-state index contributed by atoms with van der Waals surface area (Å²) < 4.78 is 5.31. The van der Waals surface area contributed by atoms with Crippen molar-refractivity contribution in [3.05, 3.63) is 65.4 Å². The lowest BCUT2D eigenvalue weighted by Crippen LogP contribution is -2.57. The van der Waals surface area contributed by atoms with Gasteiger partial charge in [0.1, 0.15) is 17.8 Å². The average molecular weight is 783 g/mol. The average Bonchev–Trinajstić information content (AvgIpc) is 3.93. The zero-order valence-corrected chi connectivity index (χ0v) is 34.0. The molecule has 1 aliphatic carbocycles. The minimum Gasteiger partial charge on any atom is -0.497 e. The number of ketones is 1. The van der Waals surface area contributed by atoms with E-state index in [2.05, 4.69) is 26.1 Å². The Bertz CT molecular complexity index is 1980. The fraction of sp³-hybridized carbons (Fsp3) is 0.545. The van der Waals surface area contributed by atoms with Gasteiger partial charge in [0.05, 0.1) is 25.4 Å². The van der Waals surface area contributed by atoms with Crippen LogP contribution >= 0.6 is 0 Å². The van der Waals surface area contributed by atoms with E-state index < -0.39 is 47.2 Å². The molecular weight excluding hydrogens is 725 g/mol. The lowest BCUT2D eigenvalue weighted by Gasteiger charge is -2.31. The number of methoxy groups -OCH3 is 1. The van der Waals surface area contributed by atoms with Crippen LogP contribution in [0, 0.1) is 18.8 Å². The highest BCUT2D eigenvalue weighted by Gasteiger charge is 2.55. The van der Waals surface area contributed by atoms with E-state index in [0.29, 0.717) is 31.6 Å². The van der Waals surface area contributed by atoms with Crippen molar-refractivity contribution in [1.29, 1.82) is 0 Å². The third kappa shape index (κ3) is 9.85. The Kier molecular flexibility index (Phi) is 13.4. The fourth-order valence-corrected chi connectivity index (χ4v) is 8.57. The molecule has 3 aromatic rings. The number of benzene rings is 2. The number of aromatic amines is 1. The van der Waals surface area contributed by atoms with E-state index in [-0.39, 0.29) is 37.8 Å². The van der Waals surface area contributed by atoms with Crippen molar-refractivity contribution in [2.24, 2.45) is 17.0 Å². The molecule has 3 aliphatic rings. The molecule has 1 aromatic heterocycles. The Morgan fingerprint density at radius 3 is 2.56 bits per heavy atom. The second-order valence-corrected chi connectivity index (χ2v) is 16.5. The number of Topliss-reactive ketones (excluding diaryl/α,β-unsaturated/α-hetero) is 1. The first-order valence-electron chi connectivity index (χ1n) is 20.6. The molecule has 4 amide bonds. The number of carbonyl (C=O) groups excluding carboxylic acids is 5.